The SMILES string of the molecule is CCOc1cc(C=Nn2c(C(C)(C)C)nc3ccc(Br)cc3c2=O)cc(I)c1OCC(=O)Nc1cccc(F)c1. The molecule has 1 amide bonds. The predicted molar refractivity (Wildman–Crippen MR) is 166 cm³/mol. The Morgan fingerprint density at radius 3 is 2.65 bits per heavy atom. The first-order valence-corrected chi connectivity index (χ1v) is 14.2. The van der Waals surface area contributed by atoms with Gasteiger partial charge in [-0.05, 0) is 83.6 Å². The van der Waals surface area contributed by atoms with E-state index in [1.807, 2.05) is 33.8 Å². The summed E-state index contributed by atoms with van der Waals surface area (Å²) < 4.78 is 27.8. The Hall–Kier alpha value is -3.32. The number of hydrogen-bond donors (Lipinski definition) is 1. The molecule has 8 nitrogen and oxygen atoms in total. The van der Waals surface area contributed by atoms with Crippen LogP contribution in [0.2, 0.25) is 0 Å². The minimum absolute atomic E-state index is 0.281. The predicted octanol–water partition coefficient (Wildman–Crippen LogP) is 6.50. The Morgan fingerprint density at radius 2 is 1.95 bits per heavy atom. The van der Waals surface area contributed by atoms with E-state index in [0.717, 1.165) is 4.47 Å². The summed E-state index contributed by atoms with van der Waals surface area (Å²) in [6, 6.07) is 14.5. The molecule has 0 atom stereocenters. The molecule has 1 N–H and O–H groups in total. The second-order valence-electron chi connectivity index (χ2n) is 9.82. The summed E-state index contributed by atoms with van der Waals surface area (Å²) in [5.74, 6) is 0.428. The zero-order valence-electron chi connectivity index (χ0n) is 22.3. The third kappa shape index (κ3) is 7.05. The molecule has 0 saturated heterocycles. The van der Waals surface area contributed by atoms with Crippen molar-refractivity contribution < 1.29 is 18.7 Å². The van der Waals surface area contributed by atoms with Gasteiger partial charge in [0.1, 0.15) is 11.6 Å². The molecule has 1 heterocycles. The van der Waals surface area contributed by atoms with E-state index < -0.39 is 17.1 Å². The van der Waals surface area contributed by atoms with Crippen LogP contribution in [0.5, 0.6) is 11.5 Å². The van der Waals surface area contributed by atoms with Crippen LogP contribution in [-0.2, 0) is 10.2 Å². The van der Waals surface area contributed by atoms with Gasteiger partial charge in [-0.1, -0.05) is 42.8 Å². The zero-order chi connectivity index (χ0) is 29.0. The van der Waals surface area contributed by atoms with E-state index in [1.54, 1.807) is 36.5 Å². The first-order chi connectivity index (χ1) is 19.0. The quantitative estimate of drug-likeness (QED) is 0.166. The van der Waals surface area contributed by atoms with Crippen LogP contribution in [0.4, 0.5) is 10.1 Å². The van der Waals surface area contributed by atoms with Crippen LogP contribution in [0.1, 0.15) is 39.1 Å². The number of fused-ring (bicyclic) bond motifs is 1. The van der Waals surface area contributed by atoms with Gasteiger partial charge in [0.25, 0.3) is 11.5 Å². The molecule has 208 valence electrons. The molecule has 0 radical (unpaired) electrons. The average Bonchev–Trinajstić information content (AvgIpc) is 2.87. The second kappa shape index (κ2) is 12.5. The number of hydrogen-bond acceptors (Lipinski definition) is 6. The lowest BCUT2D eigenvalue weighted by molar-refractivity contribution is -0.118. The standard InChI is InChI=1S/C29H27BrFIN4O4/c1-5-39-24-12-17(11-22(32)26(24)40-16-25(37)34-20-8-6-7-19(31)14-20)15-33-36-27(38)21-13-18(30)9-10-23(21)35-28(36)29(2,3)4/h6-15H,5,16H2,1-4H3,(H,34,37). The number of halogens is 3. The van der Waals surface area contributed by atoms with Gasteiger partial charge in [0.15, 0.2) is 18.1 Å². The lowest BCUT2D eigenvalue weighted by Crippen LogP contribution is -2.29. The van der Waals surface area contributed by atoms with Crippen molar-refractivity contribution in [2.45, 2.75) is 33.1 Å². The highest BCUT2D eigenvalue weighted by atomic mass is 127. The van der Waals surface area contributed by atoms with Crippen LogP contribution in [0.15, 0.2) is 69.0 Å². The molecule has 0 unspecified atom stereocenters. The highest BCUT2D eigenvalue weighted by Gasteiger charge is 2.23. The molecule has 3 aromatic carbocycles. The van der Waals surface area contributed by atoms with Crippen molar-refractivity contribution >= 4 is 67.2 Å². The third-order valence-corrected chi connectivity index (χ3v) is 6.88. The summed E-state index contributed by atoms with van der Waals surface area (Å²) in [7, 11) is 0. The van der Waals surface area contributed by atoms with E-state index in [4.69, 9.17) is 14.5 Å². The fraction of sp³-hybridized carbons (Fsp3) is 0.241. The van der Waals surface area contributed by atoms with Gasteiger partial charge in [-0.15, -0.1) is 0 Å². The summed E-state index contributed by atoms with van der Waals surface area (Å²) in [5, 5.41) is 7.58. The summed E-state index contributed by atoms with van der Waals surface area (Å²) >= 11 is 5.51. The van der Waals surface area contributed by atoms with Crippen molar-refractivity contribution in [3.63, 3.8) is 0 Å². The van der Waals surface area contributed by atoms with E-state index in [9.17, 15) is 14.0 Å². The Bertz CT molecular complexity index is 1670. The van der Waals surface area contributed by atoms with Gasteiger partial charge >= 0.3 is 0 Å². The van der Waals surface area contributed by atoms with E-state index >= 15 is 0 Å². The molecular formula is C29H27BrFIN4O4. The molecule has 0 aliphatic rings. The van der Waals surface area contributed by atoms with E-state index in [-0.39, 0.29) is 12.2 Å². The molecule has 11 heteroatoms. The fourth-order valence-corrected chi connectivity index (χ4v) is 4.97. The van der Waals surface area contributed by atoms with Crippen LogP contribution in [0.25, 0.3) is 10.9 Å². The van der Waals surface area contributed by atoms with Crippen LogP contribution in [-0.4, -0.2) is 35.0 Å². The Labute approximate surface area is 252 Å². The van der Waals surface area contributed by atoms with Crippen molar-refractivity contribution in [2.24, 2.45) is 5.10 Å². The minimum Gasteiger partial charge on any atom is -0.490 e. The normalized spacial score (nSPS) is 11.7. The number of anilines is 1. The van der Waals surface area contributed by atoms with Crippen molar-refractivity contribution in [1.82, 2.24) is 9.66 Å². The topological polar surface area (TPSA) is 94.8 Å². The first-order valence-electron chi connectivity index (χ1n) is 12.4. The molecule has 0 bridgehead atoms. The number of nitrogens with one attached hydrogen (secondary N) is 1. The molecular weight excluding hydrogens is 694 g/mol. The maximum atomic E-state index is 13.4. The molecule has 0 aliphatic heterocycles. The first kappa shape index (κ1) is 29.7. The van der Waals surface area contributed by atoms with E-state index in [1.165, 1.54) is 22.9 Å². The Kier molecular flexibility index (Phi) is 9.24. The monoisotopic (exact) mass is 720 g/mol. The largest absolute Gasteiger partial charge is 0.490 e. The van der Waals surface area contributed by atoms with Crippen LogP contribution in [0, 0.1) is 9.39 Å². The van der Waals surface area contributed by atoms with Gasteiger partial charge < -0.3 is 14.8 Å². The number of carbonyl (C=O) groups is 1. The number of aromatic nitrogens is 2. The lowest BCUT2D eigenvalue weighted by Gasteiger charge is -2.21. The Balaban J connectivity index is 1.64. The second-order valence-corrected chi connectivity index (χ2v) is 11.9. The van der Waals surface area contributed by atoms with Gasteiger partial charge in [0.2, 0.25) is 0 Å². The number of carbonyl (C=O) groups excluding carboxylic acids is 1. The molecule has 4 aromatic rings. The summed E-state index contributed by atoms with van der Waals surface area (Å²) in [6.07, 6.45) is 1.56. The molecule has 0 aliphatic carbocycles. The third-order valence-electron chi connectivity index (χ3n) is 5.59. The number of benzene rings is 3. The molecule has 0 spiro atoms. The van der Waals surface area contributed by atoms with Crippen LogP contribution < -0.4 is 20.3 Å². The smallest absolute Gasteiger partial charge is 0.282 e. The van der Waals surface area contributed by atoms with Gasteiger partial charge in [0.05, 0.1) is 27.3 Å². The molecule has 40 heavy (non-hydrogen) atoms. The summed E-state index contributed by atoms with van der Waals surface area (Å²) in [5.41, 5.74) is 0.856. The van der Waals surface area contributed by atoms with Gasteiger partial charge in [0, 0.05) is 15.6 Å². The maximum absolute atomic E-state index is 13.4. The van der Waals surface area contributed by atoms with Gasteiger partial charge in [-0.3, -0.25) is 9.59 Å². The van der Waals surface area contributed by atoms with Gasteiger partial charge in [-0.25, -0.2) is 9.37 Å². The molecule has 0 fully saturated rings. The van der Waals surface area contributed by atoms with Crippen molar-refractivity contribution in [3.8, 4) is 11.5 Å². The fourth-order valence-electron chi connectivity index (χ4n) is 3.83. The van der Waals surface area contributed by atoms with Crippen LogP contribution in [0.3, 0.4) is 0 Å². The number of amides is 1. The lowest BCUT2D eigenvalue weighted by atomic mass is 9.95. The summed E-state index contributed by atoms with van der Waals surface area (Å²) in [4.78, 5) is 30.6. The average molecular weight is 721 g/mol. The van der Waals surface area contributed by atoms with Crippen molar-refractivity contribution in [3.05, 3.63) is 90.2 Å². The van der Waals surface area contributed by atoms with Crippen LogP contribution >= 0.6 is 38.5 Å². The van der Waals surface area contributed by atoms with E-state index in [0.29, 0.717) is 49.7 Å². The highest BCUT2D eigenvalue weighted by molar-refractivity contribution is 14.1. The van der Waals surface area contributed by atoms with Crippen molar-refractivity contribution in [1.29, 1.82) is 0 Å². The van der Waals surface area contributed by atoms with E-state index in [2.05, 4.69) is 48.9 Å². The highest BCUT2D eigenvalue weighted by Crippen LogP contribution is 2.34. The van der Waals surface area contributed by atoms with Crippen molar-refractivity contribution in [2.75, 3.05) is 18.5 Å². The molecule has 4 rings (SSSR count). The molecule has 1 aromatic heterocycles. The minimum atomic E-state index is -0.452. The zero-order valence-corrected chi connectivity index (χ0v) is 26.0. The number of nitrogens with zero attached hydrogens (tertiary/aromatic N) is 3. The number of rotatable bonds is 8. The number of ether oxygens (including phenoxy) is 2. The van der Waals surface area contributed by atoms with Gasteiger partial charge in [-0.2, -0.15) is 9.78 Å². The maximum Gasteiger partial charge on any atom is 0.282 e. The summed E-state index contributed by atoms with van der Waals surface area (Å²) in [6.45, 7) is 7.80. The molecule has 0 saturated carbocycles. The Morgan fingerprint density at radius 1 is 1.18 bits per heavy atom.